The molecule has 0 heterocycles. The third-order valence-corrected chi connectivity index (χ3v) is 4.62. The van der Waals surface area contributed by atoms with Gasteiger partial charge in [-0.15, -0.1) is 0 Å². The molecule has 0 aromatic heterocycles. The summed E-state index contributed by atoms with van der Waals surface area (Å²) in [6.45, 7) is 6.80. The molecule has 0 unspecified atom stereocenters. The number of amides is 6. The minimum atomic E-state index is -1.17. The molecule has 0 aliphatic carbocycles. The SMILES string of the molecule is C=C(C)C(=O)NCC(=O)NCC(=O)NCCN(CC(=O)NCCN(CC(=O)O)C(=O)CC)C(=O)CC. The second-order valence-corrected chi connectivity index (χ2v) is 7.67. The summed E-state index contributed by atoms with van der Waals surface area (Å²) in [6, 6.07) is 0. The van der Waals surface area contributed by atoms with E-state index in [0.29, 0.717) is 0 Å². The molecule has 0 atom stereocenters. The maximum atomic E-state index is 12.2. The lowest BCUT2D eigenvalue weighted by Crippen LogP contribution is -2.47. The van der Waals surface area contributed by atoms with Gasteiger partial charge in [-0.25, -0.2) is 0 Å². The zero-order valence-corrected chi connectivity index (χ0v) is 21.0. The number of carbonyl (C=O) groups excluding carboxylic acids is 6. The van der Waals surface area contributed by atoms with E-state index in [1.165, 1.54) is 11.8 Å². The molecule has 0 fully saturated rings. The maximum absolute atomic E-state index is 12.2. The van der Waals surface area contributed by atoms with E-state index in [1.807, 2.05) is 0 Å². The van der Waals surface area contributed by atoms with E-state index in [4.69, 9.17) is 5.11 Å². The predicted molar refractivity (Wildman–Crippen MR) is 128 cm³/mol. The van der Waals surface area contributed by atoms with Crippen LogP contribution in [0.4, 0.5) is 0 Å². The molecular weight excluding hydrogens is 476 g/mol. The van der Waals surface area contributed by atoms with Crippen LogP contribution in [0.1, 0.15) is 33.6 Å². The quantitative estimate of drug-likeness (QED) is 0.133. The number of hydrogen-bond acceptors (Lipinski definition) is 7. The van der Waals surface area contributed by atoms with Crippen molar-refractivity contribution >= 4 is 41.4 Å². The monoisotopic (exact) mass is 512 g/mol. The smallest absolute Gasteiger partial charge is 0.323 e. The lowest BCUT2D eigenvalue weighted by atomic mass is 10.3. The zero-order valence-electron chi connectivity index (χ0n) is 21.0. The van der Waals surface area contributed by atoms with Crippen molar-refractivity contribution in [3.63, 3.8) is 0 Å². The van der Waals surface area contributed by atoms with Crippen LogP contribution >= 0.6 is 0 Å². The average molecular weight is 513 g/mol. The lowest BCUT2D eigenvalue weighted by molar-refractivity contribution is -0.144. The summed E-state index contributed by atoms with van der Waals surface area (Å²) >= 11 is 0. The van der Waals surface area contributed by atoms with E-state index in [9.17, 15) is 33.6 Å². The number of carboxylic acid groups (broad SMARTS) is 1. The van der Waals surface area contributed by atoms with Crippen molar-refractivity contribution in [2.45, 2.75) is 33.6 Å². The van der Waals surface area contributed by atoms with Gasteiger partial charge in [-0.2, -0.15) is 0 Å². The average Bonchev–Trinajstić information content (AvgIpc) is 2.83. The first-order valence-corrected chi connectivity index (χ1v) is 11.4. The maximum Gasteiger partial charge on any atom is 0.323 e. The predicted octanol–water partition coefficient (Wildman–Crippen LogP) is -2.41. The second kappa shape index (κ2) is 17.5. The topological polar surface area (TPSA) is 194 Å². The van der Waals surface area contributed by atoms with Crippen molar-refractivity contribution in [1.29, 1.82) is 0 Å². The molecule has 0 aromatic carbocycles. The number of nitrogens with one attached hydrogen (secondary N) is 4. The standard InChI is InChI=1S/C22H36N6O8/c1-5-19(32)27(13-18(31)24-8-10-28(14-21(34)35)20(33)6-2)9-7-23-16(29)11-25-17(30)12-26-22(36)15(3)4/h3,5-14H2,1-2,4H3,(H,23,29)(H,24,31)(H,25,30)(H,26,36)(H,34,35). The summed E-state index contributed by atoms with van der Waals surface area (Å²) in [7, 11) is 0. The van der Waals surface area contributed by atoms with Crippen LogP contribution < -0.4 is 21.3 Å². The molecule has 5 N–H and O–H groups in total. The molecule has 14 nitrogen and oxygen atoms in total. The van der Waals surface area contributed by atoms with E-state index in [-0.39, 0.29) is 76.0 Å². The van der Waals surface area contributed by atoms with Crippen LogP contribution in [0.5, 0.6) is 0 Å². The van der Waals surface area contributed by atoms with Crippen LogP contribution in [0.2, 0.25) is 0 Å². The molecule has 0 saturated heterocycles. The molecule has 0 spiro atoms. The lowest BCUT2D eigenvalue weighted by Gasteiger charge is -2.23. The van der Waals surface area contributed by atoms with Gasteiger partial charge in [-0.3, -0.25) is 33.6 Å². The van der Waals surface area contributed by atoms with Gasteiger partial charge >= 0.3 is 5.97 Å². The fourth-order valence-corrected chi connectivity index (χ4v) is 2.70. The molecule has 0 aromatic rings. The first kappa shape index (κ1) is 32.0. The van der Waals surface area contributed by atoms with Gasteiger partial charge in [0.05, 0.1) is 19.6 Å². The molecule has 0 radical (unpaired) electrons. The molecular formula is C22H36N6O8. The largest absolute Gasteiger partial charge is 0.480 e. The van der Waals surface area contributed by atoms with Crippen molar-refractivity contribution in [3.8, 4) is 0 Å². The van der Waals surface area contributed by atoms with Crippen molar-refractivity contribution in [2.75, 3.05) is 52.4 Å². The summed E-state index contributed by atoms with van der Waals surface area (Å²) < 4.78 is 0. The first-order valence-electron chi connectivity index (χ1n) is 11.4. The highest BCUT2D eigenvalue weighted by molar-refractivity contribution is 5.95. The summed E-state index contributed by atoms with van der Waals surface area (Å²) in [6.07, 6.45) is 0.256. The van der Waals surface area contributed by atoms with Crippen LogP contribution in [0.3, 0.4) is 0 Å². The number of rotatable bonds is 17. The van der Waals surface area contributed by atoms with E-state index >= 15 is 0 Å². The van der Waals surface area contributed by atoms with Gasteiger partial charge in [0, 0.05) is 44.6 Å². The van der Waals surface area contributed by atoms with Crippen LogP contribution in [0.25, 0.3) is 0 Å². The van der Waals surface area contributed by atoms with Crippen molar-refractivity contribution in [3.05, 3.63) is 12.2 Å². The van der Waals surface area contributed by atoms with Gasteiger partial charge in [-0.05, 0) is 6.92 Å². The highest BCUT2D eigenvalue weighted by Gasteiger charge is 2.18. The number of nitrogens with zero attached hydrogens (tertiary/aromatic N) is 2. The highest BCUT2D eigenvalue weighted by atomic mass is 16.4. The Morgan fingerprint density at radius 2 is 1.14 bits per heavy atom. The molecule has 0 aliphatic rings. The van der Waals surface area contributed by atoms with Gasteiger partial charge in [0.15, 0.2) is 0 Å². The molecule has 0 bridgehead atoms. The minimum absolute atomic E-state index is 0.00505. The highest BCUT2D eigenvalue weighted by Crippen LogP contribution is 1.95. The van der Waals surface area contributed by atoms with E-state index in [0.717, 1.165) is 4.90 Å². The molecule has 202 valence electrons. The van der Waals surface area contributed by atoms with Gasteiger partial charge in [0.1, 0.15) is 6.54 Å². The molecule has 6 amide bonds. The number of hydrogen-bond donors (Lipinski definition) is 5. The Bertz CT molecular complexity index is 844. The molecule has 0 saturated carbocycles. The Labute approximate surface area is 209 Å². The van der Waals surface area contributed by atoms with Crippen LogP contribution in [0.15, 0.2) is 12.2 Å². The van der Waals surface area contributed by atoms with Gasteiger partial charge in [0.25, 0.3) is 0 Å². The Morgan fingerprint density at radius 1 is 0.694 bits per heavy atom. The van der Waals surface area contributed by atoms with E-state index in [2.05, 4.69) is 27.8 Å². The van der Waals surface area contributed by atoms with Crippen molar-refractivity contribution < 1.29 is 38.7 Å². The summed E-state index contributed by atoms with van der Waals surface area (Å²) in [5.74, 6) is -3.94. The van der Waals surface area contributed by atoms with Crippen LogP contribution in [-0.4, -0.2) is 109 Å². The van der Waals surface area contributed by atoms with Gasteiger partial charge < -0.3 is 36.2 Å². The summed E-state index contributed by atoms with van der Waals surface area (Å²) in [4.78, 5) is 84.4. The van der Waals surface area contributed by atoms with Crippen LogP contribution in [-0.2, 0) is 33.6 Å². The van der Waals surface area contributed by atoms with E-state index < -0.39 is 36.1 Å². The third kappa shape index (κ3) is 14.3. The normalized spacial score (nSPS) is 9.97. The fourth-order valence-electron chi connectivity index (χ4n) is 2.70. The minimum Gasteiger partial charge on any atom is -0.480 e. The van der Waals surface area contributed by atoms with Gasteiger partial charge in [0.2, 0.25) is 35.4 Å². The van der Waals surface area contributed by atoms with Gasteiger partial charge in [-0.1, -0.05) is 20.4 Å². The number of aliphatic carboxylic acids is 1. The molecule has 0 rings (SSSR count). The van der Waals surface area contributed by atoms with Crippen LogP contribution in [0, 0.1) is 0 Å². The van der Waals surface area contributed by atoms with E-state index in [1.54, 1.807) is 13.8 Å². The zero-order chi connectivity index (χ0) is 27.7. The number of carbonyl (C=O) groups is 7. The molecule has 14 heteroatoms. The second-order valence-electron chi connectivity index (χ2n) is 7.67. The Kier molecular flexibility index (Phi) is 15.5. The van der Waals surface area contributed by atoms with Crippen molar-refractivity contribution in [2.24, 2.45) is 0 Å². The Morgan fingerprint density at radius 3 is 1.61 bits per heavy atom. The summed E-state index contributed by atoms with van der Waals surface area (Å²) in [5, 5.41) is 18.6. The Hall–Kier alpha value is -3.97. The molecule has 0 aliphatic heterocycles. The van der Waals surface area contributed by atoms with Crippen molar-refractivity contribution in [1.82, 2.24) is 31.1 Å². The first-order chi connectivity index (χ1) is 16.9. The Balaban J connectivity index is 4.49. The third-order valence-electron chi connectivity index (χ3n) is 4.62. The molecule has 36 heavy (non-hydrogen) atoms. The summed E-state index contributed by atoms with van der Waals surface area (Å²) in [5.41, 5.74) is 0.243. The fraction of sp³-hybridized carbons (Fsp3) is 0.591. The number of carboxylic acids is 1.